The van der Waals surface area contributed by atoms with Crippen LogP contribution in [-0.4, -0.2) is 46.9 Å². The third kappa shape index (κ3) is 7.59. The summed E-state index contributed by atoms with van der Waals surface area (Å²) in [6.07, 6.45) is -3.49. The number of methoxy groups -OCH3 is 2. The summed E-state index contributed by atoms with van der Waals surface area (Å²) >= 11 is 0. The number of phenols is 2. The third-order valence-corrected chi connectivity index (χ3v) is 9.84. The maximum Gasteiger partial charge on any atom is 0.161 e. The van der Waals surface area contributed by atoms with E-state index in [9.17, 15) is 20.4 Å². The number of aliphatic hydroxyl groups excluding tert-OH is 2. The van der Waals surface area contributed by atoms with E-state index in [1.165, 1.54) is 23.8 Å². The van der Waals surface area contributed by atoms with Gasteiger partial charge in [0.05, 0.1) is 26.4 Å². The Morgan fingerprint density at radius 3 is 1.49 bits per heavy atom. The van der Waals surface area contributed by atoms with E-state index in [1.54, 1.807) is 21.1 Å². The molecule has 1 aliphatic rings. The van der Waals surface area contributed by atoms with E-state index in [2.05, 4.69) is 13.8 Å². The lowest BCUT2D eigenvalue weighted by Crippen LogP contribution is -2.22. The fourth-order valence-corrected chi connectivity index (χ4v) is 6.38. The minimum Gasteiger partial charge on any atom is -0.504 e. The van der Waals surface area contributed by atoms with Crippen molar-refractivity contribution in [3.05, 3.63) is 106 Å². The van der Waals surface area contributed by atoms with E-state index in [4.69, 9.17) is 23.7 Å². The molecule has 0 aliphatic carbocycles. The van der Waals surface area contributed by atoms with E-state index >= 15 is 0 Å². The van der Waals surface area contributed by atoms with Gasteiger partial charge >= 0.3 is 0 Å². The number of aliphatic hydroxyl groups is 2. The molecule has 5 rings (SSSR count). The summed E-state index contributed by atoms with van der Waals surface area (Å²) in [5, 5.41) is 41.3. The summed E-state index contributed by atoms with van der Waals surface area (Å²) in [6, 6.07) is 21.5. The van der Waals surface area contributed by atoms with Gasteiger partial charge in [0.15, 0.2) is 34.5 Å². The van der Waals surface area contributed by atoms with Crippen molar-refractivity contribution < 1.29 is 44.1 Å². The van der Waals surface area contributed by atoms with Crippen LogP contribution in [0.25, 0.3) is 0 Å². The van der Waals surface area contributed by atoms with Gasteiger partial charge in [-0.15, -0.1) is 0 Å². The fourth-order valence-electron chi connectivity index (χ4n) is 6.38. The zero-order valence-corrected chi connectivity index (χ0v) is 29.4. The van der Waals surface area contributed by atoms with Crippen molar-refractivity contribution >= 4 is 0 Å². The van der Waals surface area contributed by atoms with Crippen molar-refractivity contribution in [2.24, 2.45) is 11.8 Å². The first kappa shape index (κ1) is 35.9. The topological polar surface area (TPSA) is 127 Å². The summed E-state index contributed by atoms with van der Waals surface area (Å²) in [4.78, 5) is 0. The third-order valence-electron chi connectivity index (χ3n) is 9.84. The van der Waals surface area contributed by atoms with Crippen LogP contribution in [0.2, 0.25) is 0 Å². The Morgan fingerprint density at radius 2 is 1.04 bits per heavy atom. The molecule has 1 fully saturated rings. The highest BCUT2D eigenvalue weighted by molar-refractivity contribution is 5.47. The highest BCUT2D eigenvalue weighted by Crippen LogP contribution is 2.51. The molecular formula is C40H48O9. The number of ether oxygens (including phenoxy) is 5. The molecule has 1 heterocycles. The van der Waals surface area contributed by atoms with Crippen LogP contribution < -0.4 is 18.9 Å². The van der Waals surface area contributed by atoms with Crippen LogP contribution in [-0.2, 0) is 4.74 Å². The number of aromatic hydroxyl groups is 2. The van der Waals surface area contributed by atoms with Crippen LogP contribution >= 0.6 is 0 Å². The molecule has 0 amide bonds. The van der Waals surface area contributed by atoms with Gasteiger partial charge < -0.3 is 44.1 Å². The van der Waals surface area contributed by atoms with Crippen molar-refractivity contribution in [2.45, 2.75) is 78.2 Å². The Hall–Kier alpha value is -4.44. The first-order valence-corrected chi connectivity index (χ1v) is 16.6. The lowest BCUT2D eigenvalue weighted by Gasteiger charge is -2.24. The van der Waals surface area contributed by atoms with E-state index in [-0.39, 0.29) is 35.5 Å². The van der Waals surface area contributed by atoms with Gasteiger partial charge in [0.2, 0.25) is 0 Å². The van der Waals surface area contributed by atoms with Gasteiger partial charge in [-0.05, 0) is 109 Å². The van der Waals surface area contributed by atoms with Gasteiger partial charge in [0, 0.05) is 0 Å². The number of rotatable bonds is 12. The van der Waals surface area contributed by atoms with Gasteiger partial charge in [0.1, 0.15) is 24.4 Å². The van der Waals surface area contributed by atoms with Crippen molar-refractivity contribution in [2.75, 3.05) is 14.2 Å². The van der Waals surface area contributed by atoms with Gasteiger partial charge in [-0.3, -0.25) is 0 Å². The standard InChI is InChI=1S/C40H48O9/c1-21-9-10-27(17-22(21)2)37(43)25(5)47-33-15-12-29(19-35(33)45-7)39-23(3)24(4)40(49-39)30-13-16-34(36(20-30)46-8)48-26(6)38(44)28-11-14-31(41)32(42)18-28/h9-20,23-26,37-44H,1-8H3. The van der Waals surface area contributed by atoms with Gasteiger partial charge in [-0.1, -0.05) is 50.2 Å². The van der Waals surface area contributed by atoms with Crippen molar-refractivity contribution in [1.29, 1.82) is 0 Å². The zero-order chi connectivity index (χ0) is 35.6. The molecule has 0 aromatic heterocycles. The molecule has 0 bridgehead atoms. The van der Waals surface area contributed by atoms with Crippen LogP contribution in [0.1, 0.15) is 85.5 Å². The summed E-state index contributed by atoms with van der Waals surface area (Å²) in [7, 11) is 3.16. The van der Waals surface area contributed by atoms with Gasteiger partial charge in [-0.25, -0.2) is 0 Å². The summed E-state index contributed by atoms with van der Waals surface area (Å²) < 4.78 is 30.4. The Balaban J connectivity index is 1.29. The van der Waals surface area contributed by atoms with Crippen LogP contribution in [0.4, 0.5) is 0 Å². The molecule has 262 valence electrons. The predicted molar refractivity (Wildman–Crippen MR) is 187 cm³/mol. The monoisotopic (exact) mass is 672 g/mol. The predicted octanol–water partition coefficient (Wildman–Crippen LogP) is 7.82. The average Bonchev–Trinajstić information content (AvgIpc) is 3.39. The highest BCUT2D eigenvalue weighted by atomic mass is 16.5. The zero-order valence-electron chi connectivity index (χ0n) is 29.4. The van der Waals surface area contributed by atoms with E-state index in [0.717, 1.165) is 22.3 Å². The van der Waals surface area contributed by atoms with E-state index in [0.29, 0.717) is 28.6 Å². The second-order valence-electron chi connectivity index (χ2n) is 13.1. The fraction of sp³-hybridized carbons (Fsp3) is 0.400. The molecule has 1 aliphatic heterocycles. The Morgan fingerprint density at radius 1 is 0.571 bits per heavy atom. The molecule has 49 heavy (non-hydrogen) atoms. The maximum absolute atomic E-state index is 11.0. The molecule has 4 aromatic rings. The van der Waals surface area contributed by atoms with Crippen molar-refractivity contribution in [1.82, 2.24) is 0 Å². The largest absolute Gasteiger partial charge is 0.504 e. The summed E-state index contributed by atoms with van der Waals surface area (Å²) in [6.45, 7) is 12.0. The molecule has 0 spiro atoms. The highest BCUT2D eigenvalue weighted by Gasteiger charge is 2.41. The number of hydrogen-bond acceptors (Lipinski definition) is 9. The van der Waals surface area contributed by atoms with Crippen molar-refractivity contribution in [3.8, 4) is 34.5 Å². The minimum atomic E-state index is -1.06. The number of benzene rings is 4. The van der Waals surface area contributed by atoms with Crippen LogP contribution in [0.5, 0.6) is 34.5 Å². The molecule has 9 heteroatoms. The smallest absolute Gasteiger partial charge is 0.161 e. The SMILES string of the molecule is COc1cc(C2OC(c3ccc(OC(C)C(O)c4ccc(O)c(O)c4)c(OC)c3)C(C)C2C)ccc1OC(C)C(O)c1ccc(C)c(C)c1. The average molecular weight is 673 g/mol. The van der Waals surface area contributed by atoms with E-state index in [1.807, 2.05) is 75.4 Å². The lowest BCUT2D eigenvalue weighted by molar-refractivity contribution is 0.0281. The minimum absolute atomic E-state index is 0.166. The second kappa shape index (κ2) is 15.0. The molecule has 0 saturated carbocycles. The first-order chi connectivity index (χ1) is 23.3. The normalized spacial score (nSPS) is 21.4. The number of aryl methyl sites for hydroxylation is 2. The first-order valence-electron chi connectivity index (χ1n) is 16.6. The van der Waals surface area contributed by atoms with E-state index < -0.39 is 24.4 Å². The van der Waals surface area contributed by atoms with Crippen LogP contribution in [0.15, 0.2) is 72.8 Å². The molecule has 4 aromatic carbocycles. The molecule has 1 saturated heterocycles. The number of phenolic OH excluding ortho intramolecular Hbond substituents is 2. The van der Waals surface area contributed by atoms with Gasteiger partial charge in [0.25, 0.3) is 0 Å². The van der Waals surface area contributed by atoms with Crippen molar-refractivity contribution in [3.63, 3.8) is 0 Å². The Kier molecular flexibility index (Phi) is 11.0. The van der Waals surface area contributed by atoms with Crippen LogP contribution in [0.3, 0.4) is 0 Å². The Bertz CT molecular complexity index is 1630. The quantitative estimate of drug-likeness (QED) is 0.111. The molecule has 8 atom stereocenters. The lowest BCUT2D eigenvalue weighted by atomic mass is 9.85. The summed E-state index contributed by atoms with van der Waals surface area (Å²) in [5.74, 6) is 1.81. The van der Waals surface area contributed by atoms with Crippen LogP contribution in [0, 0.1) is 25.7 Å². The molecular weight excluding hydrogens is 624 g/mol. The molecule has 0 radical (unpaired) electrons. The molecule has 8 unspecified atom stereocenters. The summed E-state index contributed by atoms with van der Waals surface area (Å²) in [5.41, 5.74) is 5.39. The maximum atomic E-state index is 11.0. The number of hydrogen-bond donors (Lipinski definition) is 4. The van der Waals surface area contributed by atoms with Gasteiger partial charge in [-0.2, -0.15) is 0 Å². The Labute approximate surface area is 288 Å². The second-order valence-corrected chi connectivity index (χ2v) is 13.1. The molecule has 9 nitrogen and oxygen atoms in total. The molecule has 4 N–H and O–H groups in total.